The van der Waals surface area contributed by atoms with E-state index in [4.69, 9.17) is 19.2 Å². The molecule has 0 bridgehead atoms. The summed E-state index contributed by atoms with van der Waals surface area (Å²) in [5.74, 6) is -0.368. The Hall–Kier alpha value is -3.87. The molecule has 1 atom stereocenters. The van der Waals surface area contributed by atoms with Crippen molar-refractivity contribution in [3.8, 4) is 11.5 Å². The van der Waals surface area contributed by atoms with Gasteiger partial charge < -0.3 is 19.1 Å². The molecule has 2 aliphatic heterocycles. The van der Waals surface area contributed by atoms with E-state index in [-0.39, 0.29) is 16.7 Å². The fourth-order valence-electron chi connectivity index (χ4n) is 5.20. The maximum Gasteiger partial charge on any atom is 0.341 e. The molecular weight excluding hydrogens is 444 g/mol. The van der Waals surface area contributed by atoms with Crippen LogP contribution in [-0.2, 0) is 14.9 Å². The second-order valence-corrected chi connectivity index (χ2v) is 9.76. The minimum Gasteiger partial charge on any atom is -0.465 e. The van der Waals surface area contributed by atoms with E-state index in [1.165, 1.54) is 30.7 Å². The van der Waals surface area contributed by atoms with Crippen molar-refractivity contribution >= 4 is 40.3 Å². The molecule has 0 aliphatic carbocycles. The minimum atomic E-state index is -0.820. The van der Waals surface area contributed by atoms with Crippen LogP contribution < -0.4 is 14.4 Å². The molecule has 2 aliphatic rings. The molecule has 2 heterocycles. The smallest absolute Gasteiger partial charge is 0.341 e. The van der Waals surface area contributed by atoms with Gasteiger partial charge in [-0.15, -0.1) is 0 Å². The van der Waals surface area contributed by atoms with Gasteiger partial charge in [-0.3, -0.25) is 9.79 Å². The molecular formula is C28H28N2O5. The first kappa shape index (κ1) is 22.9. The third-order valence-electron chi connectivity index (χ3n) is 7.39. The highest BCUT2D eigenvalue weighted by atomic mass is 16.5. The van der Waals surface area contributed by atoms with Crippen LogP contribution >= 0.6 is 0 Å². The summed E-state index contributed by atoms with van der Waals surface area (Å²) in [4.78, 5) is 31.1. The topological polar surface area (TPSA) is 77.4 Å². The minimum absolute atomic E-state index is 0.145. The van der Waals surface area contributed by atoms with E-state index in [2.05, 4.69) is 44.7 Å². The Bertz CT molecular complexity index is 1460. The molecule has 0 radical (unpaired) electrons. The molecule has 3 aromatic rings. The van der Waals surface area contributed by atoms with Gasteiger partial charge in [0.15, 0.2) is 0 Å². The molecule has 1 spiro atoms. The molecule has 180 valence electrons. The Kier molecular flexibility index (Phi) is 4.95. The fourth-order valence-corrected chi connectivity index (χ4v) is 5.20. The molecule has 1 unspecified atom stereocenters. The average Bonchev–Trinajstić information content (AvgIpc) is 2.96. The molecule has 0 aromatic heterocycles. The van der Waals surface area contributed by atoms with Gasteiger partial charge in [-0.2, -0.15) is 0 Å². The first-order valence-electron chi connectivity index (χ1n) is 11.5. The van der Waals surface area contributed by atoms with Crippen molar-refractivity contribution in [3.63, 3.8) is 0 Å². The van der Waals surface area contributed by atoms with Crippen LogP contribution in [0.4, 0.5) is 11.4 Å². The summed E-state index contributed by atoms with van der Waals surface area (Å²) in [5.41, 5.74) is 4.34. The molecule has 0 N–H and O–H groups in total. The number of hydrogen-bond acceptors (Lipinski definition) is 7. The predicted octanol–water partition coefficient (Wildman–Crippen LogP) is 5.39. The zero-order chi connectivity index (χ0) is 25.3. The number of ether oxygens (including phenoxy) is 3. The van der Waals surface area contributed by atoms with Crippen molar-refractivity contribution in [2.75, 3.05) is 19.1 Å². The number of carbonyl (C=O) groups excluding carboxylic acids is 2. The Morgan fingerprint density at radius 1 is 1.06 bits per heavy atom. The van der Waals surface area contributed by atoms with E-state index in [0.717, 1.165) is 11.1 Å². The van der Waals surface area contributed by atoms with Gasteiger partial charge in [-0.1, -0.05) is 12.1 Å². The Morgan fingerprint density at radius 3 is 2.46 bits per heavy atom. The number of aryl methyl sites for hydroxylation is 2. The Labute approximate surface area is 204 Å². The number of methoxy groups -OCH3 is 1. The molecule has 0 amide bonds. The second kappa shape index (κ2) is 7.57. The van der Waals surface area contributed by atoms with Crippen molar-refractivity contribution in [3.05, 3.63) is 58.7 Å². The van der Waals surface area contributed by atoms with E-state index >= 15 is 0 Å². The lowest BCUT2D eigenvalue weighted by Crippen LogP contribution is -2.61. The average molecular weight is 473 g/mol. The summed E-state index contributed by atoms with van der Waals surface area (Å²) >= 11 is 0. The van der Waals surface area contributed by atoms with E-state index in [1.54, 1.807) is 12.1 Å². The van der Waals surface area contributed by atoms with E-state index in [9.17, 15) is 9.59 Å². The highest BCUT2D eigenvalue weighted by molar-refractivity contribution is 6.05. The van der Waals surface area contributed by atoms with Gasteiger partial charge in [-0.25, -0.2) is 4.79 Å². The monoisotopic (exact) mass is 472 g/mol. The molecule has 5 rings (SSSR count). The number of hydrogen-bond donors (Lipinski definition) is 0. The van der Waals surface area contributed by atoms with Crippen molar-refractivity contribution in [2.24, 2.45) is 4.99 Å². The first-order valence-corrected chi connectivity index (χ1v) is 11.5. The summed E-state index contributed by atoms with van der Waals surface area (Å²) in [6.07, 6.45) is 1.86. The number of fused-ring (bicyclic) bond motifs is 4. The number of benzene rings is 3. The van der Waals surface area contributed by atoms with Crippen LogP contribution in [-0.4, -0.2) is 38.0 Å². The summed E-state index contributed by atoms with van der Waals surface area (Å²) in [5, 5.41) is 1.46. The van der Waals surface area contributed by atoms with E-state index in [0.29, 0.717) is 16.8 Å². The molecule has 0 saturated heterocycles. The first-order chi connectivity index (χ1) is 16.5. The third-order valence-corrected chi connectivity index (χ3v) is 7.39. The number of nitrogens with zero attached hydrogens (tertiary/aromatic N) is 2. The zero-order valence-electron chi connectivity index (χ0n) is 21.0. The maximum atomic E-state index is 12.5. The molecule has 7 heteroatoms. The van der Waals surface area contributed by atoms with Gasteiger partial charge >= 0.3 is 11.9 Å². The van der Waals surface area contributed by atoms with Gasteiger partial charge in [-0.05, 0) is 74.0 Å². The molecule has 0 saturated carbocycles. The van der Waals surface area contributed by atoms with Gasteiger partial charge in [0.25, 0.3) is 0 Å². The largest absolute Gasteiger partial charge is 0.465 e. The van der Waals surface area contributed by atoms with Crippen LogP contribution in [0.2, 0.25) is 0 Å². The summed E-state index contributed by atoms with van der Waals surface area (Å²) < 4.78 is 17.0. The highest BCUT2D eigenvalue weighted by Crippen LogP contribution is 2.54. The predicted molar refractivity (Wildman–Crippen MR) is 135 cm³/mol. The van der Waals surface area contributed by atoms with Crippen LogP contribution in [0.3, 0.4) is 0 Å². The van der Waals surface area contributed by atoms with E-state index < -0.39 is 17.7 Å². The third kappa shape index (κ3) is 3.14. The zero-order valence-corrected chi connectivity index (χ0v) is 21.0. The van der Waals surface area contributed by atoms with Crippen molar-refractivity contribution in [2.45, 2.75) is 45.8 Å². The van der Waals surface area contributed by atoms with Crippen LogP contribution in [0.5, 0.6) is 11.5 Å². The maximum absolute atomic E-state index is 12.5. The molecule has 3 aromatic carbocycles. The lowest BCUT2D eigenvalue weighted by molar-refractivity contribution is -0.131. The quantitative estimate of drug-likeness (QED) is 0.368. The van der Waals surface area contributed by atoms with Crippen molar-refractivity contribution in [1.29, 1.82) is 0 Å². The Morgan fingerprint density at radius 2 is 1.77 bits per heavy atom. The SMILES string of the molecule is COC(=O)c1cc2c3c(ccc2cc1OC(C)=O)OC1(C=N3)N(C)c2cc(C)c(C)cc2C1(C)C. The lowest BCUT2D eigenvalue weighted by Gasteiger charge is -2.45. The highest BCUT2D eigenvalue weighted by Gasteiger charge is 2.58. The number of esters is 2. The molecule has 35 heavy (non-hydrogen) atoms. The van der Waals surface area contributed by atoms with Gasteiger partial charge in [0.1, 0.15) is 22.7 Å². The number of rotatable bonds is 2. The van der Waals surface area contributed by atoms with Crippen LogP contribution in [0.1, 0.15) is 47.8 Å². The number of anilines is 1. The van der Waals surface area contributed by atoms with Gasteiger partial charge in [0.05, 0.1) is 18.7 Å². The lowest BCUT2D eigenvalue weighted by atomic mass is 9.77. The molecule has 7 nitrogen and oxygen atoms in total. The normalized spacial score (nSPS) is 19.3. The van der Waals surface area contributed by atoms with Crippen molar-refractivity contribution in [1.82, 2.24) is 0 Å². The number of aliphatic imine (C=N–C) groups is 1. The standard InChI is InChI=1S/C28H28N2O5/c1-15-10-21-22(11-16(15)2)30(6)28(27(21,4)5)14-29-25-19-13-20(26(32)33-7)24(34-17(3)31)12-18(19)8-9-23(25)35-28/h8-14H,1-7H3. The van der Waals surface area contributed by atoms with Gasteiger partial charge in [0.2, 0.25) is 5.72 Å². The second-order valence-electron chi connectivity index (χ2n) is 9.76. The van der Waals surface area contributed by atoms with Crippen LogP contribution in [0, 0.1) is 13.8 Å². The fraction of sp³-hybridized carbons (Fsp3) is 0.321. The summed E-state index contributed by atoms with van der Waals surface area (Å²) in [7, 11) is 3.32. The Balaban J connectivity index is 1.67. The van der Waals surface area contributed by atoms with E-state index in [1.807, 2.05) is 25.4 Å². The molecule has 0 fully saturated rings. The summed E-state index contributed by atoms with van der Waals surface area (Å²) in [6.45, 7) is 9.86. The number of carbonyl (C=O) groups is 2. The number of likely N-dealkylation sites (N-methyl/N-ethyl adjacent to an activating group) is 1. The van der Waals surface area contributed by atoms with Crippen molar-refractivity contribution < 1.29 is 23.8 Å². The summed E-state index contributed by atoms with van der Waals surface area (Å²) in [6, 6.07) is 11.5. The van der Waals surface area contributed by atoms with Crippen LogP contribution in [0.25, 0.3) is 10.8 Å². The van der Waals surface area contributed by atoms with Gasteiger partial charge in [0, 0.05) is 25.0 Å². The van der Waals surface area contributed by atoms with Crippen LogP contribution in [0.15, 0.2) is 41.4 Å².